The fraction of sp³-hybridized carbons (Fsp3) is 0.368. The number of aryl methyl sites for hydroxylation is 1. The van der Waals surface area contributed by atoms with Crippen molar-refractivity contribution in [1.82, 2.24) is 4.98 Å². The van der Waals surface area contributed by atoms with E-state index in [9.17, 15) is 14.0 Å². The van der Waals surface area contributed by atoms with E-state index in [1.54, 1.807) is 18.3 Å². The molecule has 0 saturated carbocycles. The molecule has 0 spiro atoms. The monoisotopic (exact) mass is 399 g/mol. The molecule has 1 aromatic carbocycles. The molecular weight excluding hydrogens is 385 g/mol. The Morgan fingerprint density at radius 3 is 2.43 bits per heavy atom. The van der Waals surface area contributed by atoms with E-state index in [-0.39, 0.29) is 23.5 Å². The number of carbonyl (C=O) groups is 2. The van der Waals surface area contributed by atoms with Crippen LogP contribution in [-0.2, 0) is 19.2 Å². The quantitative estimate of drug-likeness (QED) is 0.721. The maximum atomic E-state index is 13.3. The molecule has 2 bridgehead atoms. The molecule has 5 heterocycles. The highest BCUT2D eigenvalue weighted by Crippen LogP contribution is 2.55. The zero-order valence-electron chi connectivity index (χ0n) is 14.6. The molecule has 142 valence electrons. The number of halogens is 1. The van der Waals surface area contributed by atoms with Crippen molar-refractivity contribution in [2.24, 2.45) is 22.9 Å². The van der Waals surface area contributed by atoms with Crippen molar-refractivity contribution < 1.29 is 23.6 Å². The van der Waals surface area contributed by atoms with E-state index in [0.717, 1.165) is 10.4 Å². The lowest BCUT2D eigenvalue weighted by Crippen LogP contribution is -2.45. The SMILES string of the molecule is Cc1cnc(N2C(=O)[C@@H]3[C@@H]4O[C@@H]([C@H]5C(c6ccc(F)cc6)=NO[C@@H]45)[C@@H]3C2=O)s1. The first-order valence-corrected chi connectivity index (χ1v) is 9.81. The predicted octanol–water partition coefficient (Wildman–Crippen LogP) is 1.90. The number of anilines is 1. The number of oxime groups is 1. The molecule has 2 amide bonds. The van der Waals surface area contributed by atoms with Crippen LogP contribution in [0.5, 0.6) is 0 Å². The third-order valence-electron chi connectivity index (χ3n) is 5.98. The molecule has 0 radical (unpaired) electrons. The van der Waals surface area contributed by atoms with E-state index >= 15 is 0 Å². The number of imide groups is 1. The molecule has 4 aliphatic heterocycles. The van der Waals surface area contributed by atoms with Crippen LogP contribution < -0.4 is 4.90 Å². The molecule has 2 aromatic rings. The van der Waals surface area contributed by atoms with Gasteiger partial charge in [-0.15, -0.1) is 11.3 Å². The van der Waals surface area contributed by atoms with Gasteiger partial charge in [-0.25, -0.2) is 14.3 Å². The van der Waals surface area contributed by atoms with E-state index < -0.39 is 30.1 Å². The van der Waals surface area contributed by atoms with Crippen LogP contribution in [0.1, 0.15) is 10.4 Å². The average Bonchev–Trinajstić information content (AvgIpc) is 3.44. The molecular formula is C19H14FN3O4S. The summed E-state index contributed by atoms with van der Waals surface area (Å²) < 4.78 is 19.3. The summed E-state index contributed by atoms with van der Waals surface area (Å²) in [6.45, 7) is 1.88. The smallest absolute Gasteiger partial charge is 0.242 e. The highest BCUT2D eigenvalue weighted by atomic mass is 32.1. The van der Waals surface area contributed by atoms with E-state index in [2.05, 4.69) is 10.1 Å². The molecule has 9 heteroatoms. The molecule has 0 aliphatic carbocycles. The maximum absolute atomic E-state index is 13.3. The molecule has 6 rings (SSSR count). The summed E-state index contributed by atoms with van der Waals surface area (Å²) in [7, 11) is 0. The van der Waals surface area contributed by atoms with Crippen LogP contribution in [0, 0.1) is 30.5 Å². The number of carbonyl (C=O) groups excluding carboxylic acids is 2. The van der Waals surface area contributed by atoms with Crippen LogP contribution in [0.4, 0.5) is 9.52 Å². The fourth-order valence-corrected chi connectivity index (χ4v) is 5.62. The first kappa shape index (κ1) is 16.3. The molecule has 3 saturated heterocycles. The normalized spacial score (nSPS) is 35.2. The number of rotatable bonds is 2. The lowest BCUT2D eigenvalue weighted by Gasteiger charge is -2.26. The number of aromatic nitrogens is 1. The summed E-state index contributed by atoms with van der Waals surface area (Å²) in [5, 5.41) is 4.59. The topological polar surface area (TPSA) is 81.1 Å². The van der Waals surface area contributed by atoms with Crippen molar-refractivity contribution in [3.05, 3.63) is 46.7 Å². The molecule has 0 unspecified atom stereocenters. The van der Waals surface area contributed by atoms with Crippen LogP contribution in [0.2, 0.25) is 0 Å². The Balaban J connectivity index is 1.36. The van der Waals surface area contributed by atoms with Crippen molar-refractivity contribution in [3.8, 4) is 0 Å². The average molecular weight is 399 g/mol. The molecule has 4 aliphatic rings. The van der Waals surface area contributed by atoms with Crippen LogP contribution in [0.3, 0.4) is 0 Å². The largest absolute Gasteiger partial charge is 0.389 e. The number of ether oxygens (including phenoxy) is 1. The Bertz CT molecular complexity index is 1050. The first-order valence-electron chi connectivity index (χ1n) is 9.00. The standard InChI is InChI=1S/C19H14FN3O4S/c1-7-6-21-19(28-7)23-17(24)10-11(18(23)25)15-16-12(14(10)26-15)13(22-27-16)8-2-4-9(20)5-3-8/h2-6,10-12,14-16H,1H3/t10-,11+,12-,14-,15+,16-/m1/s1. The van der Waals surface area contributed by atoms with E-state index in [1.165, 1.54) is 28.4 Å². The molecule has 1 aromatic heterocycles. The van der Waals surface area contributed by atoms with Gasteiger partial charge in [-0.05, 0) is 19.1 Å². The number of nitrogens with zero attached hydrogens (tertiary/aromatic N) is 3. The second kappa shape index (κ2) is 5.45. The minimum absolute atomic E-state index is 0.258. The Labute approximate surface area is 162 Å². The first-order chi connectivity index (χ1) is 13.5. The predicted molar refractivity (Wildman–Crippen MR) is 96.3 cm³/mol. The summed E-state index contributed by atoms with van der Waals surface area (Å²) in [5.74, 6) is -2.31. The van der Waals surface area contributed by atoms with Gasteiger partial charge < -0.3 is 9.57 Å². The molecule has 0 N–H and O–H groups in total. The van der Waals surface area contributed by atoms with E-state index in [1.807, 2.05) is 6.92 Å². The Kier molecular flexibility index (Phi) is 3.18. The fourth-order valence-electron chi connectivity index (χ4n) is 4.85. The van der Waals surface area contributed by atoms with Crippen molar-refractivity contribution in [2.45, 2.75) is 25.2 Å². The van der Waals surface area contributed by atoms with Gasteiger partial charge in [0.15, 0.2) is 11.2 Å². The number of thiazole rings is 1. The van der Waals surface area contributed by atoms with Gasteiger partial charge in [-0.3, -0.25) is 9.59 Å². The van der Waals surface area contributed by atoms with Crippen molar-refractivity contribution in [1.29, 1.82) is 0 Å². The number of hydrogen-bond acceptors (Lipinski definition) is 7. The van der Waals surface area contributed by atoms with Gasteiger partial charge in [0.1, 0.15) is 11.9 Å². The van der Waals surface area contributed by atoms with Crippen LogP contribution in [0.25, 0.3) is 0 Å². The Hall–Kier alpha value is -2.65. The van der Waals surface area contributed by atoms with Gasteiger partial charge in [0.25, 0.3) is 0 Å². The van der Waals surface area contributed by atoms with Gasteiger partial charge in [0.2, 0.25) is 11.8 Å². The van der Waals surface area contributed by atoms with Crippen molar-refractivity contribution >= 4 is 34.0 Å². The molecule has 28 heavy (non-hydrogen) atoms. The zero-order chi connectivity index (χ0) is 19.2. The highest BCUT2D eigenvalue weighted by Gasteiger charge is 2.72. The van der Waals surface area contributed by atoms with Crippen molar-refractivity contribution in [2.75, 3.05) is 4.90 Å². The third-order valence-corrected chi connectivity index (χ3v) is 6.88. The third kappa shape index (κ3) is 1.95. The van der Waals surface area contributed by atoms with Gasteiger partial charge in [0, 0.05) is 16.6 Å². The number of benzene rings is 1. The molecule has 7 nitrogen and oxygen atoms in total. The summed E-state index contributed by atoms with van der Waals surface area (Å²) in [4.78, 5) is 38.1. The number of hydrogen-bond donors (Lipinski definition) is 0. The second-order valence-electron chi connectivity index (χ2n) is 7.46. The molecule has 3 fully saturated rings. The van der Waals surface area contributed by atoms with Crippen LogP contribution in [-0.4, -0.2) is 40.8 Å². The van der Waals surface area contributed by atoms with Gasteiger partial charge in [0.05, 0.1) is 29.6 Å². The lowest BCUT2D eigenvalue weighted by atomic mass is 9.71. The summed E-state index contributed by atoms with van der Waals surface area (Å²) in [6, 6.07) is 5.99. The summed E-state index contributed by atoms with van der Waals surface area (Å²) in [6.07, 6.45) is 0.218. The Morgan fingerprint density at radius 2 is 1.75 bits per heavy atom. The van der Waals surface area contributed by atoms with Crippen LogP contribution in [0.15, 0.2) is 35.6 Å². The minimum Gasteiger partial charge on any atom is -0.389 e. The number of amides is 2. The molecule has 6 atom stereocenters. The number of fused-ring (bicyclic) bond motifs is 8. The van der Waals surface area contributed by atoms with Gasteiger partial charge in [-0.1, -0.05) is 17.3 Å². The zero-order valence-corrected chi connectivity index (χ0v) is 15.4. The summed E-state index contributed by atoms with van der Waals surface area (Å²) >= 11 is 1.32. The second-order valence-corrected chi connectivity index (χ2v) is 8.67. The maximum Gasteiger partial charge on any atom is 0.242 e. The highest BCUT2D eigenvalue weighted by molar-refractivity contribution is 7.16. The van der Waals surface area contributed by atoms with Gasteiger partial charge in [-0.2, -0.15) is 0 Å². The van der Waals surface area contributed by atoms with E-state index in [4.69, 9.17) is 9.57 Å². The lowest BCUT2D eigenvalue weighted by molar-refractivity contribution is -0.125. The van der Waals surface area contributed by atoms with E-state index in [0.29, 0.717) is 10.8 Å². The Morgan fingerprint density at radius 1 is 1.04 bits per heavy atom. The van der Waals surface area contributed by atoms with Gasteiger partial charge >= 0.3 is 0 Å². The van der Waals surface area contributed by atoms with Crippen molar-refractivity contribution in [3.63, 3.8) is 0 Å². The minimum atomic E-state index is -0.578. The van der Waals surface area contributed by atoms with Crippen LogP contribution >= 0.6 is 11.3 Å². The summed E-state index contributed by atoms with van der Waals surface area (Å²) in [5.41, 5.74) is 1.37.